The summed E-state index contributed by atoms with van der Waals surface area (Å²) in [6, 6.07) is 8.75. The summed E-state index contributed by atoms with van der Waals surface area (Å²) in [4.78, 5) is 17.6. The minimum atomic E-state index is -3.00. The third kappa shape index (κ3) is 3.86. The Bertz CT molecular complexity index is 801. The fourth-order valence-electron chi connectivity index (χ4n) is 5.11. The Hall–Kier alpha value is -1.56. The van der Waals surface area contributed by atoms with Crippen LogP contribution in [0.4, 0.5) is 5.69 Å². The Labute approximate surface area is 162 Å². The maximum absolute atomic E-state index is 13.4. The molecule has 0 radical (unpaired) electrons. The SMILES string of the molecule is CC1CCc2ccccc2N1CC(=O)N(C1CCCC1)C1CCS(=O)(=O)C1. The lowest BCUT2D eigenvalue weighted by Gasteiger charge is -2.40. The van der Waals surface area contributed by atoms with Gasteiger partial charge in [0.2, 0.25) is 5.91 Å². The van der Waals surface area contributed by atoms with Crippen LogP contribution in [0.5, 0.6) is 0 Å². The molecule has 2 fully saturated rings. The molecule has 1 saturated heterocycles. The molecule has 148 valence electrons. The number of nitrogens with zero attached hydrogens (tertiary/aromatic N) is 2. The van der Waals surface area contributed by atoms with Crippen molar-refractivity contribution in [2.75, 3.05) is 23.0 Å². The Balaban J connectivity index is 1.57. The van der Waals surface area contributed by atoms with E-state index in [0.29, 0.717) is 19.0 Å². The van der Waals surface area contributed by atoms with Crippen molar-refractivity contribution < 1.29 is 13.2 Å². The molecular formula is C21H30N2O3S. The molecule has 0 spiro atoms. The molecule has 0 N–H and O–H groups in total. The number of sulfone groups is 1. The average molecular weight is 391 g/mol. The maximum atomic E-state index is 13.4. The lowest BCUT2D eigenvalue weighted by molar-refractivity contribution is -0.134. The smallest absolute Gasteiger partial charge is 0.242 e. The summed E-state index contributed by atoms with van der Waals surface area (Å²) in [5, 5.41) is 0. The van der Waals surface area contributed by atoms with Crippen LogP contribution >= 0.6 is 0 Å². The average Bonchev–Trinajstić information content (AvgIpc) is 3.28. The van der Waals surface area contributed by atoms with Gasteiger partial charge in [-0.05, 0) is 50.7 Å². The molecule has 5 nitrogen and oxygen atoms in total. The van der Waals surface area contributed by atoms with Crippen molar-refractivity contribution in [1.29, 1.82) is 0 Å². The zero-order chi connectivity index (χ0) is 19.0. The summed E-state index contributed by atoms with van der Waals surface area (Å²) in [6.07, 6.45) is 6.98. The van der Waals surface area contributed by atoms with E-state index in [1.165, 1.54) is 5.56 Å². The third-order valence-electron chi connectivity index (χ3n) is 6.58. The van der Waals surface area contributed by atoms with Gasteiger partial charge in [0.1, 0.15) is 0 Å². The van der Waals surface area contributed by atoms with Crippen molar-refractivity contribution in [2.24, 2.45) is 0 Å². The number of aryl methyl sites for hydroxylation is 1. The van der Waals surface area contributed by atoms with Gasteiger partial charge in [0.15, 0.2) is 9.84 Å². The van der Waals surface area contributed by atoms with Crippen LogP contribution in [0.1, 0.15) is 51.0 Å². The molecule has 0 aromatic heterocycles. The van der Waals surface area contributed by atoms with Crippen LogP contribution in [0.25, 0.3) is 0 Å². The second kappa shape index (κ2) is 7.46. The Morgan fingerprint density at radius 2 is 1.85 bits per heavy atom. The molecule has 6 heteroatoms. The molecule has 2 unspecified atom stereocenters. The van der Waals surface area contributed by atoms with Crippen LogP contribution in [0.2, 0.25) is 0 Å². The molecule has 3 aliphatic rings. The largest absolute Gasteiger partial charge is 0.359 e. The predicted octanol–water partition coefficient (Wildman–Crippen LogP) is 2.79. The van der Waals surface area contributed by atoms with Crippen molar-refractivity contribution in [1.82, 2.24) is 4.90 Å². The highest BCUT2D eigenvalue weighted by Gasteiger charge is 2.40. The van der Waals surface area contributed by atoms with E-state index >= 15 is 0 Å². The normalized spacial score (nSPS) is 27.5. The van der Waals surface area contributed by atoms with Gasteiger partial charge in [-0.15, -0.1) is 0 Å². The highest BCUT2D eigenvalue weighted by atomic mass is 32.2. The minimum Gasteiger partial charge on any atom is -0.359 e. The van der Waals surface area contributed by atoms with Crippen molar-refractivity contribution in [3.8, 4) is 0 Å². The number of anilines is 1. The lowest BCUT2D eigenvalue weighted by Crippen LogP contribution is -2.52. The second-order valence-corrected chi connectivity index (χ2v) is 10.7. The third-order valence-corrected chi connectivity index (χ3v) is 8.33. The van der Waals surface area contributed by atoms with Gasteiger partial charge in [-0.1, -0.05) is 31.0 Å². The quantitative estimate of drug-likeness (QED) is 0.793. The number of para-hydroxylation sites is 1. The van der Waals surface area contributed by atoms with E-state index in [-0.39, 0.29) is 29.5 Å². The first-order valence-corrected chi connectivity index (χ1v) is 12.1. The second-order valence-electron chi connectivity index (χ2n) is 8.44. The molecule has 2 heterocycles. The zero-order valence-corrected chi connectivity index (χ0v) is 17.0. The van der Waals surface area contributed by atoms with Crippen LogP contribution in [-0.4, -0.2) is 55.4 Å². The van der Waals surface area contributed by atoms with E-state index in [1.54, 1.807) is 0 Å². The van der Waals surface area contributed by atoms with Crippen LogP contribution in [0.3, 0.4) is 0 Å². The number of hydrogen-bond donors (Lipinski definition) is 0. The van der Waals surface area contributed by atoms with Gasteiger partial charge in [-0.25, -0.2) is 8.42 Å². The van der Waals surface area contributed by atoms with Gasteiger partial charge in [0.25, 0.3) is 0 Å². The zero-order valence-electron chi connectivity index (χ0n) is 16.1. The van der Waals surface area contributed by atoms with E-state index in [9.17, 15) is 13.2 Å². The summed E-state index contributed by atoms with van der Waals surface area (Å²) >= 11 is 0. The van der Waals surface area contributed by atoms with Gasteiger partial charge < -0.3 is 9.80 Å². The Kier molecular flexibility index (Phi) is 5.19. The predicted molar refractivity (Wildman–Crippen MR) is 108 cm³/mol. The van der Waals surface area contributed by atoms with Crippen LogP contribution in [-0.2, 0) is 21.1 Å². The summed E-state index contributed by atoms with van der Waals surface area (Å²) in [7, 11) is -3.00. The van der Waals surface area contributed by atoms with E-state index in [4.69, 9.17) is 0 Å². The molecule has 1 amide bonds. The first-order valence-electron chi connectivity index (χ1n) is 10.3. The summed E-state index contributed by atoms with van der Waals surface area (Å²) < 4.78 is 24.1. The van der Waals surface area contributed by atoms with Gasteiger partial charge in [-0.2, -0.15) is 0 Å². The van der Waals surface area contributed by atoms with Crippen LogP contribution < -0.4 is 4.90 Å². The standard InChI is InChI=1S/C21H30N2O3S/c1-16-10-11-17-6-2-5-9-20(17)22(16)14-21(24)23(18-7-3-4-8-18)19-12-13-27(25,26)15-19/h2,5-6,9,16,18-19H,3-4,7-8,10-15H2,1H3. The Morgan fingerprint density at radius 1 is 1.11 bits per heavy atom. The molecule has 1 saturated carbocycles. The number of carbonyl (C=O) groups is 1. The van der Waals surface area contributed by atoms with E-state index in [2.05, 4.69) is 30.0 Å². The van der Waals surface area contributed by atoms with Gasteiger partial charge in [-0.3, -0.25) is 4.79 Å². The highest BCUT2D eigenvalue weighted by Crippen LogP contribution is 2.33. The first-order chi connectivity index (χ1) is 12.9. The fourth-order valence-corrected chi connectivity index (χ4v) is 6.82. The van der Waals surface area contributed by atoms with Crippen molar-refractivity contribution in [2.45, 2.75) is 70.0 Å². The molecule has 2 atom stereocenters. The highest BCUT2D eigenvalue weighted by molar-refractivity contribution is 7.91. The number of benzene rings is 1. The van der Waals surface area contributed by atoms with Gasteiger partial charge >= 0.3 is 0 Å². The Morgan fingerprint density at radius 3 is 2.56 bits per heavy atom. The van der Waals surface area contributed by atoms with E-state index < -0.39 is 9.84 Å². The van der Waals surface area contributed by atoms with Crippen molar-refractivity contribution in [3.63, 3.8) is 0 Å². The molecule has 27 heavy (non-hydrogen) atoms. The first kappa shape index (κ1) is 18.8. The number of fused-ring (bicyclic) bond motifs is 1. The molecule has 4 rings (SSSR count). The molecule has 1 aromatic rings. The molecule has 1 aliphatic carbocycles. The fraction of sp³-hybridized carbons (Fsp3) is 0.667. The van der Waals surface area contributed by atoms with Crippen LogP contribution in [0.15, 0.2) is 24.3 Å². The number of hydrogen-bond acceptors (Lipinski definition) is 4. The molecule has 1 aromatic carbocycles. The number of rotatable bonds is 4. The number of carbonyl (C=O) groups excluding carboxylic acids is 1. The topological polar surface area (TPSA) is 57.7 Å². The van der Waals surface area contributed by atoms with Crippen molar-refractivity contribution in [3.05, 3.63) is 29.8 Å². The molecular weight excluding hydrogens is 360 g/mol. The van der Waals surface area contributed by atoms with Crippen LogP contribution in [0, 0.1) is 0 Å². The molecule has 2 aliphatic heterocycles. The number of amides is 1. The monoisotopic (exact) mass is 390 g/mol. The summed E-state index contributed by atoms with van der Waals surface area (Å²) in [5.74, 6) is 0.464. The maximum Gasteiger partial charge on any atom is 0.242 e. The van der Waals surface area contributed by atoms with Gasteiger partial charge in [0, 0.05) is 23.8 Å². The minimum absolute atomic E-state index is 0.104. The van der Waals surface area contributed by atoms with E-state index in [0.717, 1.165) is 44.2 Å². The lowest BCUT2D eigenvalue weighted by atomic mass is 9.96. The van der Waals surface area contributed by atoms with E-state index in [1.807, 2.05) is 11.0 Å². The summed E-state index contributed by atoms with van der Waals surface area (Å²) in [5.41, 5.74) is 2.47. The van der Waals surface area contributed by atoms with Crippen molar-refractivity contribution >= 4 is 21.4 Å². The van der Waals surface area contributed by atoms with Gasteiger partial charge in [0.05, 0.1) is 18.1 Å². The molecule has 0 bridgehead atoms. The summed E-state index contributed by atoms with van der Waals surface area (Å²) in [6.45, 7) is 2.54.